The van der Waals surface area contributed by atoms with Crippen molar-refractivity contribution in [1.29, 1.82) is 0 Å². The number of rotatable bonds is 2. The number of hydrogen-bond donors (Lipinski definition) is 0. The van der Waals surface area contributed by atoms with Crippen LogP contribution in [0, 0.1) is 6.92 Å². The summed E-state index contributed by atoms with van der Waals surface area (Å²) in [4.78, 5) is 28.0. The lowest BCUT2D eigenvalue weighted by Gasteiger charge is -2.04. The topological polar surface area (TPSA) is 64.3 Å². The molecule has 0 saturated heterocycles. The van der Waals surface area contributed by atoms with Gasteiger partial charge in [0.2, 0.25) is 4.96 Å². The minimum atomic E-state index is -0.394. The van der Waals surface area contributed by atoms with E-state index in [0.717, 1.165) is 5.56 Å². The molecule has 0 bridgehead atoms. The summed E-state index contributed by atoms with van der Waals surface area (Å²) < 4.78 is 1.71. The monoisotopic (exact) mass is 313 g/mol. The molecule has 3 rings (SSSR count). The molecule has 0 saturated carbocycles. The average Bonchev–Trinajstić information content (AvgIpc) is 2.77. The molecule has 1 aromatic carbocycles. The maximum absolute atomic E-state index is 12.3. The average molecular weight is 313 g/mol. The van der Waals surface area contributed by atoms with Gasteiger partial charge in [-0.2, -0.15) is 14.6 Å². The van der Waals surface area contributed by atoms with E-state index in [1.807, 2.05) is 12.1 Å². The highest BCUT2D eigenvalue weighted by Crippen LogP contribution is 2.14. The highest BCUT2D eigenvalue weighted by atomic mass is 32.1. The molecule has 22 heavy (non-hydrogen) atoms. The van der Waals surface area contributed by atoms with E-state index in [1.165, 1.54) is 21.4 Å². The largest absolute Gasteiger partial charge is 0.295 e. The van der Waals surface area contributed by atoms with E-state index in [1.54, 1.807) is 13.0 Å². The SMILES string of the molecule is Cc1nn2c(=O)/c(=C\c3ccc(C(C)C)cc3)sc2nc1=O. The Morgan fingerprint density at radius 3 is 2.50 bits per heavy atom. The van der Waals surface area contributed by atoms with Crippen LogP contribution in [0.4, 0.5) is 0 Å². The summed E-state index contributed by atoms with van der Waals surface area (Å²) in [5.74, 6) is 0.468. The summed E-state index contributed by atoms with van der Waals surface area (Å²) in [5.41, 5.74) is 1.77. The molecule has 2 aromatic heterocycles. The highest BCUT2D eigenvalue weighted by Gasteiger charge is 2.08. The van der Waals surface area contributed by atoms with Crippen LogP contribution in [0.2, 0.25) is 0 Å². The molecule has 0 unspecified atom stereocenters. The molecule has 112 valence electrons. The van der Waals surface area contributed by atoms with Crippen LogP contribution in [0.25, 0.3) is 11.0 Å². The second-order valence-corrected chi connectivity index (χ2v) is 6.44. The number of thiazole rings is 1. The highest BCUT2D eigenvalue weighted by molar-refractivity contribution is 7.15. The Labute approximate surface area is 130 Å². The number of aromatic nitrogens is 3. The van der Waals surface area contributed by atoms with Gasteiger partial charge in [-0.05, 0) is 30.0 Å². The first-order chi connectivity index (χ1) is 10.5. The molecule has 0 radical (unpaired) electrons. The van der Waals surface area contributed by atoms with Gasteiger partial charge in [0.15, 0.2) is 0 Å². The lowest BCUT2D eigenvalue weighted by atomic mass is 10.0. The Kier molecular flexibility index (Phi) is 3.62. The Morgan fingerprint density at radius 2 is 1.86 bits per heavy atom. The molecule has 0 aliphatic carbocycles. The number of hydrogen-bond acceptors (Lipinski definition) is 5. The summed E-state index contributed by atoms with van der Waals surface area (Å²) in [7, 11) is 0. The second kappa shape index (κ2) is 5.46. The van der Waals surface area contributed by atoms with Gasteiger partial charge in [0, 0.05) is 0 Å². The standard InChI is InChI=1S/C16H15N3O2S/c1-9(2)12-6-4-11(5-7-12)8-13-15(21)19-16(22-13)17-14(20)10(3)18-19/h4-9H,1-3H3/b13-8+. The van der Waals surface area contributed by atoms with Crippen LogP contribution in [-0.4, -0.2) is 14.6 Å². The Hall–Kier alpha value is -2.34. The maximum Gasteiger partial charge on any atom is 0.295 e. The predicted molar refractivity (Wildman–Crippen MR) is 87.5 cm³/mol. The van der Waals surface area contributed by atoms with E-state index < -0.39 is 5.56 Å². The molecule has 2 heterocycles. The van der Waals surface area contributed by atoms with Crippen molar-refractivity contribution in [2.24, 2.45) is 0 Å². The van der Waals surface area contributed by atoms with Crippen LogP contribution in [0.1, 0.15) is 36.6 Å². The minimum Gasteiger partial charge on any atom is -0.266 e. The van der Waals surface area contributed by atoms with E-state index in [-0.39, 0.29) is 11.3 Å². The van der Waals surface area contributed by atoms with E-state index in [0.29, 0.717) is 15.4 Å². The Morgan fingerprint density at radius 1 is 1.18 bits per heavy atom. The van der Waals surface area contributed by atoms with Gasteiger partial charge in [-0.25, -0.2) is 0 Å². The first kappa shape index (κ1) is 14.6. The zero-order valence-electron chi connectivity index (χ0n) is 12.5. The van der Waals surface area contributed by atoms with Gasteiger partial charge >= 0.3 is 0 Å². The van der Waals surface area contributed by atoms with Gasteiger partial charge in [0.1, 0.15) is 5.69 Å². The first-order valence-corrected chi connectivity index (χ1v) is 7.79. The zero-order valence-corrected chi connectivity index (χ0v) is 13.3. The number of benzene rings is 1. The number of aryl methyl sites for hydroxylation is 1. The lowest BCUT2D eigenvalue weighted by Crippen LogP contribution is -2.27. The van der Waals surface area contributed by atoms with Crippen molar-refractivity contribution in [2.75, 3.05) is 0 Å². The molecule has 0 amide bonds. The molecule has 0 aliphatic heterocycles. The molecule has 5 nitrogen and oxygen atoms in total. The van der Waals surface area contributed by atoms with Crippen molar-refractivity contribution in [3.8, 4) is 0 Å². The van der Waals surface area contributed by atoms with Gasteiger partial charge < -0.3 is 0 Å². The van der Waals surface area contributed by atoms with E-state index in [4.69, 9.17) is 0 Å². The fraction of sp³-hybridized carbons (Fsp3) is 0.250. The van der Waals surface area contributed by atoms with Crippen LogP contribution in [0.5, 0.6) is 0 Å². The van der Waals surface area contributed by atoms with Crippen molar-refractivity contribution in [1.82, 2.24) is 14.6 Å². The fourth-order valence-corrected chi connectivity index (χ4v) is 3.02. The smallest absolute Gasteiger partial charge is 0.266 e. The van der Waals surface area contributed by atoms with E-state index >= 15 is 0 Å². The molecule has 3 aromatic rings. The van der Waals surface area contributed by atoms with Crippen LogP contribution in [0.3, 0.4) is 0 Å². The van der Waals surface area contributed by atoms with E-state index in [2.05, 4.69) is 36.1 Å². The van der Waals surface area contributed by atoms with Gasteiger partial charge in [-0.1, -0.05) is 49.4 Å². The minimum absolute atomic E-state index is 0.222. The van der Waals surface area contributed by atoms with Crippen LogP contribution >= 0.6 is 11.3 Å². The summed E-state index contributed by atoms with van der Waals surface area (Å²) in [6.07, 6.45) is 1.80. The quantitative estimate of drug-likeness (QED) is 0.719. The normalized spacial score (nSPS) is 12.5. The zero-order chi connectivity index (χ0) is 15.9. The van der Waals surface area contributed by atoms with Crippen LogP contribution < -0.4 is 15.7 Å². The molecule has 0 aliphatic rings. The maximum atomic E-state index is 12.3. The van der Waals surface area contributed by atoms with Gasteiger partial charge in [0.05, 0.1) is 4.53 Å². The van der Waals surface area contributed by atoms with Crippen molar-refractivity contribution in [3.05, 3.63) is 66.3 Å². The van der Waals surface area contributed by atoms with Gasteiger partial charge in [-0.3, -0.25) is 9.59 Å². The van der Waals surface area contributed by atoms with Gasteiger partial charge in [0.25, 0.3) is 11.1 Å². The van der Waals surface area contributed by atoms with Crippen molar-refractivity contribution < 1.29 is 0 Å². The second-order valence-electron chi connectivity index (χ2n) is 5.43. The van der Waals surface area contributed by atoms with Gasteiger partial charge in [-0.15, -0.1) is 0 Å². The van der Waals surface area contributed by atoms with Crippen molar-refractivity contribution >= 4 is 22.4 Å². The molecular weight excluding hydrogens is 298 g/mol. The predicted octanol–water partition coefficient (Wildman–Crippen LogP) is 1.49. The summed E-state index contributed by atoms with van der Waals surface area (Å²) in [6, 6.07) is 8.07. The fourth-order valence-electron chi connectivity index (χ4n) is 2.12. The molecule has 0 N–H and O–H groups in total. The van der Waals surface area contributed by atoms with Crippen molar-refractivity contribution in [3.63, 3.8) is 0 Å². The first-order valence-electron chi connectivity index (χ1n) is 6.98. The molecule has 0 fully saturated rings. The van der Waals surface area contributed by atoms with E-state index in [9.17, 15) is 9.59 Å². The third-order valence-corrected chi connectivity index (χ3v) is 4.40. The summed E-state index contributed by atoms with van der Waals surface area (Å²) >= 11 is 1.17. The summed E-state index contributed by atoms with van der Waals surface area (Å²) in [5, 5.41) is 3.99. The third kappa shape index (κ3) is 2.57. The molecule has 0 spiro atoms. The summed E-state index contributed by atoms with van der Waals surface area (Å²) in [6.45, 7) is 5.82. The lowest BCUT2D eigenvalue weighted by molar-refractivity contribution is 0.833. The Bertz CT molecular complexity index is 1000. The van der Waals surface area contributed by atoms with Crippen molar-refractivity contribution in [2.45, 2.75) is 26.7 Å². The molecular formula is C16H15N3O2S. The molecule has 6 heteroatoms. The Balaban J connectivity index is 2.15. The number of fused-ring (bicyclic) bond motifs is 1. The van der Waals surface area contributed by atoms with Crippen LogP contribution in [-0.2, 0) is 0 Å². The third-order valence-electron chi connectivity index (χ3n) is 3.44. The molecule has 0 atom stereocenters. The van der Waals surface area contributed by atoms with Crippen LogP contribution in [0.15, 0.2) is 33.9 Å². The number of nitrogens with zero attached hydrogens (tertiary/aromatic N) is 3.